The van der Waals surface area contributed by atoms with Crippen molar-refractivity contribution in [1.29, 1.82) is 0 Å². The molecule has 0 bridgehead atoms. The van der Waals surface area contributed by atoms with Gasteiger partial charge in [0.05, 0.1) is 11.3 Å². The molecule has 86 valence electrons. The topological polar surface area (TPSA) is 109 Å². The Balaban J connectivity index is 2.46. The van der Waals surface area contributed by atoms with Crippen molar-refractivity contribution in [2.75, 3.05) is 5.73 Å². The number of aromatic carboxylic acids is 1. The summed E-state index contributed by atoms with van der Waals surface area (Å²) in [5.74, 6) is -0.982. The van der Waals surface area contributed by atoms with Gasteiger partial charge in [-0.05, 0) is 12.1 Å². The quantitative estimate of drug-likeness (QED) is 0.705. The van der Waals surface area contributed by atoms with Gasteiger partial charge in [-0.15, -0.1) is 0 Å². The Morgan fingerprint density at radius 1 is 1.29 bits per heavy atom. The van der Waals surface area contributed by atoms with E-state index >= 15 is 0 Å². The zero-order chi connectivity index (χ0) is 12.4. The summed E-state index contributed by atoms with van der Waals surface area (Å²) in [7, 11) is 0. The van der Waals surface area contributed by atoms with Gasteiger partial charge >= 0.3 is 5.97 Å². The normalized spacial score (nSPS) is 10.1. The zero-order valence-electron chi connectivity index (χ0n) is 8.68. The number of rotatable bonds is 2. The lowest BCUT2D eigenvalue weighted by Crippen LogP contribution is -2.10. The van der Waals surface area contributed by atoms with Crippen LogP contribution in [0.15, 0.2) is 35.1 Å². The van der Waals surface area contributed by atoms with Crippen LogP contribution in [-0.2, 0) is 0 Å². The van der Waals surface area contributed by atoms with E-state index in [4.69, 9.17) is 10.8 Å². The SMILES string of the molecule is Nc1nc(-c2ccc(C(=O)O)cc2)cc(=O)[nH]1. The van der Waals surface area contributed by atoms with Gasteiger partial charge in [0.25, 0.3) is 5.56 Å². The van der Waals surface area contributed by atoms with E-state index in [-0.39, 0.29) is 17.1 Å². The van der Waals surface area contributed by atoms with E-state index in [2.05, 4.69) is 9.97 Å². The summed E-state index contributed by atoms with van der Waals surface area (Å²) in [6.45, 7) is 0. The minimum atomic E-state index is -1.00. The highest BCUT2D eigenvalue weighted by Crippen LogP contribution is 2.16. The molecule has 0 aliphatic heterocycles. The van der Waals surface area contributed by atoms with Crippen molar-refractivity contribution in [3.05, 3.63) is 46.2 Å². The minimum Gasteiger partial charge on any atom is -0.478 e. The summed E-state index contributed by atoms with van der Waals surface area (Å²) >= 11 is 0. The fourth-order valence-electron chi connectivity index (χ4n) is 1.41. The first-order chi connectivity index (χ1) is 8.06. The Labute approximate surface area is 95.7 Å². The van der Waals surface area contributed by atoms with Crippen LogP contribution >= 0.6 is 0 Å². The van der Waals surface area contributed by atoms with Gasteiger partial charge in [-0.1, -0.05) is 12.1 Å². The molecule has 17 heavy (non-hydrogen) atoms. The Bertz CT molecular complexity index is 617. The van der Waals surface area contributed by atoms with Crippen LogP contribution in [-0.4, -0.2) is 21.0 Å². The number of carboxylic acids is 1. The van der Waals surface area contributed by atoms with Crippen LogP contribution in [0.3, 0.4) is 0 Å². The van der Waals surface area contributed by atoms with Crippen LogP contribution in [0.4, 0.5) is 5.95 Å². The summed E-state index contributed by atoms with van der Waals surface area (Å²) < 4.78 is 0. The van der Waals surface area contributed by atoms with Gasteiger partial charge in [0.2, 0.25) is 5.95 Å². The summed E-state index contributed by atoms with van der Waals surface area (Å²) in [5, 5.41) is 8.74. The van der Waals surface area contributed by atoms with Crippen LogP contribution in [0.25, 0.3) is 11.3 Å². The van der Waals surface area contributed by atoms with Crippen LogP contribution in [0.5, 0.6) is 0 Å². The Morgan fingerprint density at radius 3 is 2.47 bits per heavy atom. The molecule has 0 atom stereocenters. The second-order valence-corrected chi connectivity index (χ2v) is 3.40. The summed E-state index contributed by atoms with van der Waals surface area (Å²) in [6.07, 6.45) is 0. The van der Waals surface area contributed by atoms with Gasteiger partial charge in [-0.3, -0.25) is 9.78 Å². The maximum absolute atomic E-state index is 11.2. The predicted octanol–water partition coefficient (Wildman–Crippen LogP) is 0.717. The molecule has 0 amide bonds. The monoisotopic (exact) mass is 231 g/mol. The zero-order valence-corrected chi connectivity index (χ0v) is 8.68. The fourth-order valence-corrected chi connectivity index (χ4v) is 1.41. The average Bonchev–Trinajstić information content (AvgIpc) is 2.28. The molecule has 0 spiro atoms. The van der Waals surface area contributed by atoms with Crippen LogP contribution < -0.4 is 11.3 Å². The van der Waals surface area contributed by atoms with Crippen molar-refractivity contribution in [1.82, 2.24) is 9.97 Å². The molecule has 0 aliphatic rings. The van der Waals surface area contributed by atoms with Gasteiger partial charge in [0.1, 0.15) is 0 Å². The van der Waals surface area contributed by atoms with E-state index in [0.717, 1.165) is 0 Å². The molecule has 1 heterocycles. The molecule has 1 aromatic carbocycles. The standard InChI is InChI=1S/C11H9N3O3/c12-11-13-8(5-9(15)14-11)6-1-3-7(4-2-6)10(16)17/h1-5H,(H,16,17)(H3,12,13,14,15). The molecule has 4 N–H and O–H groups in total. The molecule has 6 nitrogen and oxygen atoms in total. The molecule has 0 fully saturated rings. The van der Waals surface area contributed by atoms with E-state index in [1.165, 1.54) is 18.2 Å². The molecule has 0 saturated carbocycles. The molecule has 2 rings (SSSR count). The number of nitrogen functional groups attached to an aromatic ring is 1. The van der Waals surface area contributed by atoms with Gasteiger partial charge in [-0.2, -0.15) is 0 Å². The number of benzene rings is 1. The lowest BCUT2D eigenvalue weighted by atomic mass is 10.1. The second kappa shape index (κ2) is 4.09. The molecule has 0 radical (unpaired) electrons. The van der Waals surface area contributed by atoms with Gasteiger partial charge in [-0.25, -0.2) is 9.78 Å². The van der Waals surface area contributed by atoms with E-state index in [1.807, 2.05) is 0 Å². The third-order valence-electron chi connectivity index (χ3n) is 2.19. The van der Waals surface area contributed by atoms with E-state index in [1.54, 1.807) is 12.1 Å². The number of anilines is 1. The molecular formula is C11H9N3O3. The predicted molar refractivity (Wildman–Crippen MR) is 61.7 cm³/mol. The van der Waals surface area contributed by atoms with E-state index in [9.17, 15) is 9.59 Å². The summed E-state index contributed by atoms with van der Waals surface area (Å²) in [5.41, 5.74) is 6.27. The second-order valence-electron chi connectivity index (χ2n) is 3.40. The van der Waals surface area contributed by atoms with Crippen LogP contribution in [0.2, 0.25) is 0 Å². The Morgan fingerprint density at radius 2 is 1.94 bits per heavy atom. The molecule has 0 unspecified atom stereocenters. The maximum Gasteiger partial charge on any atom is 0.335 e. The number of nitrogens with two attached hydrogens (primary N) is 1. The molecular weight excluding hydrogens is 222 g/mol. The number of aromatic nitrogens is 2. The van der Waals surface area contributed by atoms with E-state index < -0.39 is 5.97 Å². The molecule has 1 aromatic heterocycles. The number of carboxylic acid groups (broad SMARTS) is 1. The number of nitrogens with zero attached hydrogens (tertiary/aromatic N) is 1. The number of hydrogen-bond acceptors (Lipinski definition) is 4. The fraction of sp³-hybridized carbons (Fsp3) is 0. The van der Waals surface area contributed by atoms with Crippen molar-refractivity contribution in [2.24, 2.45) is 0 Å². The van der Waals surface area contributed by atoms with Crippen LogP contribution in [0.1, 0.15) is 10.4 Å². The van der Waals surface area contributed by atoms with Crippen molar-refractivity contribution >= 4 is 11.9 Å². The summed E-state index contributed by atoms with van der Waals surface area (Å²) in [4.78, 5) is 28.1. The van der Waals surface area contributed by atoms with Crippen molar-refractivity contribution in [2.45, 2.75) is 0 Å². The molecule has 6 heteroatoms. The Hall–Kier alpha value is -2.63. The van der Waals surface area contributed by atoms with Crippen molar-refractivity contribution in [3.8, 4) is 11.3 Å². The lowest BCUT2D eigenvalue weighted by Gasteiger charge is -2.01. The number of hydrogen-bond donors (Lipinski definition) is 3. The lowest BCUT2D eigenvalue weighted by molar-refractivity contribution is 0.0697. The number of nitrogens with one attached hydrogen (secondary N) is 1. The first-order valence-electron chi connectivity index (χ1n) is 4.77. The first-order valence-corrected chi connectivity index (χ1v) is 4.77. The molecule has 0 aliphatic carbocycles. The maximum atomic E-state index is 11.2. The average molecular weight is 231 g/mol. The van der Waals surface area contributed by atoms with Crippen LogP contribution in [0, 0.1) is 0 Å². The van der Waals surface area contributed by atoms with Crippen molar-refractivity contribution in [3.63, 3.8) is 0 Å². The third kappa shape index (κ3) is 2.31. The minimum absolute atomic E-state index is 0.0230. The highest BCUT2D eigenvalue weighted by Gasteiger charge is 2.05. The molecule has 2 aromatic rings. The van der Waals surface area contributed by atoms with Gasteiger partial charge < -0.3 is 10.8 Å². The Kier molecular flexibility index (Phi) is 2.61. The van der Waals surface area contributed by atoms with Gasteiger partial charge in [0.15, 0.2) is 0 Å². The number of carbonyl (C=O) groups is 1. The highest BCUT2D eigenvalue weighted by atomic mass is 16.4. The third-order valence-corrected chi connectivity index (χ3v) is 2.19. The largest absolute Gasteiger partial charge is 0.478 e. The van der Waals surface area contributed by atoms with E-state index in [0.29, 0.717) is 11.3 Å². The van der Waals surface area contributed by atoms with Gasteiger partial charge in [0, 0.05) is 11.6 Å². The first kappa shape index (κ1) is 10.9. The number of aromatic amines is 1. The van der Waals surface area contributed by atoms with Crippen molar-refractivity contribution < 1.29 is 9.90 Å². The smallest absolute Gasteiger partial charge is 0.335 e. The summed E-state index contributed by atoms with van der Waals surface area (Å²) in [6, 6.07) is 7.33. The number of H-pyrrole nitrogens is 1. The molecule has 0 saturated heterocycles. The highest BCUT2D eigenvalue weighted by molar-refractivity contribution is 5.88.